The van der Waals surface area contributed by atoms with Crippen molar-refractivity contribution < 1.29 is 58.0 Å². The molecule has 9 rings (SSSR count). The second-order valence-corrected chi connectivity index (χ2v) is 23.4. The number of hydrogen-bond acceptors (Lipinski definition) is 13. The molecule has 5 atom stereocenters. The minimum absolute atomic E-state index is 0.00212. The van der Waals surface area contributed by atoms with Crippen LogP contribution in [0, 0.1) is 11.3 Å². The first-order valence-corrected chi connectivity index (χ1v) is 30.4. The van der Waals surface area contributed by atoms with Gasteiger partial charge in [-0.2, -0.15) is 0 Å². The Morgan fingerprint density at radius 1 is 0.845 bits per heavy atom. The van der Waals surface area contributed by atoms with E-state index >= 15 is 0 Å². The second kappa shape index (κ2) is 27.6. The number of nitrogens with one attached hydrogen (secondary N) is 3. The van der Waals surface area contributed by atoms with Crippen molar-refractivity contribution in [3.8, 4) is 17.2 Å². The van der Waals surface area contributed by atoms with Crippen LogP contribution in [0.5, 0.6) is 17.2 Å². The van der Waals surface area contributed by atoms with Gasteiger partial charge in [0.25, 0.3) is 5.91 Å². The Morgan fingerprint density at radius 3 is 2.30 bits per heavy atom. The Kier molecular flexibility index (Phi) is 20.1. The molecule has 2 saturated heterocycles. The lowest BCUT2D eigenvalue weighted by Crippen LogP contribution is -2.58. The van der Waals surface area contributed by atoms with E-state index in [0.717, 1.165) is 16.3 Å². The number of Topliss-reactive ketones (excluding diaryl/α,β-unsaturated/α-hetero) is 1. The van der Waals surface area contributed by atoms with Gasteiger partial charge in [-0.15, -0.1) is 11.6 Å². The van der Waals surface area contributed by atoms with Gasteiger partial charge >= 0.3 is 6.03 Å². The number of phenolic OH excluding ortho intramolecular Hbond substituents is 1. The molecule has 0 bridgehead atoms. The number of alkyl halides is 1. The van der Waals surface area contributed by atoms with Crippen molar-refractivity contribution in [1.29, 1.82) is 0 Å². The zero-order valence-corrected chi connectivity index (χ0v) is 48.9. The van der Waals surface area contributed by atoms with Crippen LogP contribution in [-0.4, -0.2) is 138 Å². The van der Waals surface area contributed by atoms with E-state index in [1.54, 1.807) is 53.1 Å². The molecule has 21 heteroatoms. The van der Waals surface area contributed by atoms with E-state index in [9.17, 15) is 48.6 Å². The fourth-order valence-electron chi connectivity index (χ4n) is 12.5. The number of anilines is 2. The molecule has 84 heavy (non-hydrogen) atoms. The van der Waals surface area contributed by atoms with Crippen LogP contribution in [0.2, 0.25) is 0 Å². The van der Waals surface area contributed by atoms with Crippen LogP contribution in [0.3, 0.4) is 0 Å². The number of nitrogens with zero attached hydrogens (tertiary/aromatic N) is 4. The lowest BCUT2D eigenvalue weighted by Gasteiger charge is -2.39. The molecule has 2 unspecified atom stereocenters. The normalized spacial score (nSPS) is 20.0. The summed E-state index contributed by atoms with van der Waals surface area (Å²) in [6.45, 7) is 3.95. The molecular weight excluding hydrogens is 1100 g/mol. The Morgan fingerprint density at radius 2 is 1.60 bits per heavy atom. The van der Waals surface area contributed by atoms with Gasteiger partial charge in [0.15, 0.2) is 23.5 Å². The maximum atomic E-state index is 14.4. The number of halogens is 1. The molecule has 4 heterocycles. The first-order valence-electron chi connectivity index (χ1n) is 29.8. The van der Waals surface area contributed by atoms with Gasteiger partial charge in [0, 0.05) is 87.2 Å². The zero-order chi connectivity index (χ0) is 59.7. The van der Waals surface area contributed by atoms with E-state index in [4.69, 9.17) is 26.8 Å². The number of fused-ring (bicyclic) bond motifs is 5. The number of aromatic hydroxyl groups is 1. The third-order valence-corrected chi connectivity index (χ3v) is 17.8. The highest BCUT2D eigenvalue weighted by atomic mass is 35.5. The third kappa shape index (κ3) is 13.1. The summed E-state index contributed by atoms with van der Waals surface area (Å²) in [6.07, 6.45) is 6.97. The number of imide groups is 1. The third-order valence-electron chi connectivity index (χ3n) is 17.5. The number of phenols is 1. The predicted octanol–water partition coefficient (Wildman–Crippen LogP) is 7.09. The molecule has 0 spiro atoms. The number of carbonyl (C=O) groups is 8. The highest BCUT2D eigenvalue weighted by Crippen LogP contribution is 2.46. The van der Waals surface area contributed by atoms with E-state index in [2.05, 4.69) is 16.0 Å². The maximum absolute atomic E-state index is 14.4. The molecule has 5 aliphatic rings. The number of benzene rings is 4. The number of urea groups is 1. The van der Waals surface area contributed by atoms with Crippen molar-refractivity contribution in [1.82, 2.24) is 25.8 Å². The smallest absolute Gasteiger partial charge is 0.324 e. The van der Waals surface area contributed by atoms with Crippen molar-refractivity contribution in [2.24, 2.45) is 17.1 Å². The molecule has 450 valence electrons. The zero-order valence-electron chi connectivity index (χ0n) is 48.1. The SMILES string of the molecule is COc1cc2c(cc1OCCCCCC(=O)N1C[C@@H](CCl)c3c1cc(O)c1ccccc31)N(C(=O)NCc1ccc(CC(=O)[C@H](CCCCN)NC(=O)C3(C(=O)NCCCCCN4C(=O)CC(C)C4=O)CCC3)cc1)C(O)[C@@H]1CCCN1C2=O. The lowest BCUT2D eigenvalue weighted by atomic mass is 9.67. The Bertz CT molecular complexity index is 3120. The number of unbranched alkanes of at least 4 members (excludes halogenated alkanes) is 5. The van der Waals surface area contributed by atoms with Crippen molar-refractivity contribution >= 4 is 81.0 Å². The van der Waals surface area contributed by atoms with Crippen molar-refractivity contribution in [2.45, 2.75) is 147 Å². The molecular formula is C63H79ClN8O12. The van der Waals surface area contributed by atoms with E-state index in [1.807, 2.05) is 24.3 Å². The average Bonchev–Trinajstić information content (AvgIpc) is 2.14. The number of amides is 8. The number of likely N-dealkylation sites (tertiary alicyclic amines) is 1. The van der Waals surface area contributed by atoms with E-state index in [0.29, 0.717) is 145 Å². The first kappa shape index (κ1) is 61.3. The molecule has 4 aliphatic heterocycles. The molecule has 8 amide bonds. The number of methoxy groups -OCH3 is 1. The number of rotatable bonds is 27. The molecule has 3 fully saturated rings. The largest absolute Gasteiger partial charge is 0.507 e. The summed E-state index contributed by atoms with van der Waals surface area (Å²) in [5.74, 6) is -1.14. The second-order valence-electron chi connectivity index (χ2n) is 23.1. The van der Waals surface area contributed by atoms with Crippen LogP contribution in [0.1, 0.15) is 143 Å². The van der Waals surface area contributed by atoms with Crippen LogP contribution in [0.15, 0.2) is 66.7 Å². The number of carbonyl (C=O) groups excluding carboxylic acids is 8. The van der Waals surface area contributed by atoms with Crippen LogP contribution >= 0.6 is 11.6 Å². The number of aliphatic hydroxyl groups is 1. The van der Waals surface area contributed by atoms with E-state index in [-0.39, 0.29) is 108 Å². The summed E-state index contributed by atoms with van der Waals surface area (Å²) in [7, 11) is 1.46. The fourth-order valence-corrected chi connectivity index (χ4v) is 12.7. The molecule has 20 nitrogen and oxygen atoms in total. The van der Waals surface area contributed by atoms with Crippen molar-refractivity contribution in [3.05, 3.63) is 89.0 Å². The van der Waals surface area contributed by atoms with Gasteiger partial charge < -0.3 is 51.2 Å². The highest BCUT2D eigenvalue weighted by molar-refractivity contribution is 6.19. The summed E-state index contributed by atoms with van der Waals surface area (Å²) in [5, 5.41) is 33.1. The van der Waals surface area contributed by atoms with E-state index in [1.165, 1.54) is 23.0 Å². The molecule has 7 N–H and O–H groups in total. The van der Waals surface area contributed by atoms with Gasteiger partial charge in [-0.3, -0.25) is 43.4 Å². The monoisotopic (exact) mass is 1170 g/mol. The van der Waals surface area contributed by atoms with Crippen molar-refractivity contribution in [2.75, 3.05) is 62.1 Å². The number of nitrogens with two attached hydrogens (primary N) is 1. The van der Waals surface area contributed by atoms with Crippen molar-refractivity contribution in [3.63, 3.8) is 0 Å². The average molecular weight is 1180 g/mol. The Balaban J connectivity index is 0.783. The lowest BCUT2D eigenvalue weighted by molar-refractivity contribution is -0.151. The van der Waals surface area contributed by atoms with Crippen LogP contribution < -0.4 is 41.0 Å². The molecule has 1 saturated carbocycles. The highest BCUT2D eigenvalue weighted by Gasteiger charge is 2.51. The summed E-state index contributed by atoms with van der Waals surface area (Å²) in [5.41, 5.74) is 7.86. The van der Waals surface area contributed by atoms with Crippen LogP contribution in [0.25, 0.3) is 10.8 Å². The first-order chi connectivity index (χ1) is 40.6. The summed E-state index contributed by atoms with van der Waals surface area (Å²) in [4.78, 5) is 114. The Hall–Kier alpha value is -7.29. The molecule has 4 aromatic carbocycles. The summed E-state index contributed by atoms with van der Waals surface area (Å²) >= 11 is 6.40. The molecule has 0 aromatic heterocycles. The summed E-state index contributed by atoms with van der Waals surface area (Å²) in [6, 6.07) is 17.3. The number of aliphatic hydroxyl groups excluding tert-OH is 1. The minimum Gasteiger partial charge on any atom is -0.507 e. The maximum Gasteiger partial charge on any atom is 0.324 e. The standard InChI is InChI=1S/C63H79ClN8O12/c1-39-31-55(76)70(57(39)77)28-11-4-10-27-66-60(80)63(24-14-25-63)61(81)68-46(17-8-9-26-65)51(74)32-40-20-22-41(23-21-40)37-67-62(82)72-48-35-53(52(83-2)33-45(48)58(78)69-29-13-18-47(69)59(72)79)84-30-12-3-5-19-54(75)71-38-42(36-64)56-44-16-7-6-15-43(44)50(73)34-49(56)71/h6-7,15-16,20-23,33-35,39,42,46-47,59,73,79H,3-5,8-14,17-19,24-32,36-38,65H2,1-2H3,(H,66,80)(H,67,82)(H,68,81)/t39?,42-,46+,47+,59?/m1/s1. The fraction of sp³-hybridized carbons (Fsp3) is 0.524. The van der Waals surface area contributed by atoms with E-state index < -0.39 is 35.7 Å². The quantitative estimate of drug-likeness (QED) is 0.0151. The number of ether oxygens (including phenoxy) is 2. The molecule has 0 radical (unpaired) electrons. The van der Waals surface area contributed by atoms with Gasteiger partial charge in [0.1, 0.15) is 11.2 Å². The van der Waals surface area contributed by atoms with Crippen LogP contribution in [-0.2, 0) is 41.7 Å². The summed E-state index contributed by atoms with van der Waals surface area (Å²) < 4.78 is 12.0. The minimum atomic E-state index is -1.39. The molecule has 4 aromatic rings. The number of ketones is 1. The predicted molar refractivity (Wildman–Crippen MR) is 317 cm³/mol. The number of hydrogen-bond donors (Lipinski definition) is 6. The van der Waals surface area contributed by atoms with Gasteiger partial charge in [-0.05, 0) is 118 Å². The molecule has 1 aliphatic carbocycles. The van der Waals surface area contributed by atoms with Gasteiger partial charge in [0.05, 0.1) is 42.7 Å². The van der Waals surface area contributed by atoms with Gasteiger partial charge in [-0.1, -0.05) is 61.9 Å². The van der Waals surface area contributed by atoms with Gasteiger partial charge in [-0.25, -0.2) is 4.79 Å². The topological polar surface area (TPSA) is 271 Å². The van der Waals surface area contributed by atoms with Crippen LogP contribution in [0.4, 0.5) is 16.2 Å². The van der Waals surface area contributed by atoms with Gasteiger partial charge in [0.2, 0.25) is 29.5 Å². The Labute approximate surface area is 495 Å².